The molecule has 0 bridgehead atoms. The van der Waals surface area contributed by atoms with Crippen LogP contribution in [0.25, 0.3) is 0 Å². The van der Waals surface area contributed by atoms with E-state index in [9.17, 15) is 0 Å². The Morgan fingerprint density at radius 1 is 1.24 bits per heavy atom. The lowest BCUT2D eigenvalue weighted by atomic mass is 10.1. The molecule has 0 radical (unpaired) electrons. The Balaban J connectivity index is 0.00000300. The van der Waals surface area contributed by atoms with E-state index in [1.807, 2.05) is 0 Å². The second kappa shape index (κ2) is 12.3. The lowest BCUT2D eigenvalue weighted by molar-refractivity contribution is 0.122. The van der Waals surface area contributed by atoms with Gasteiger partial charge in [0, 0.05) is 30.7 Å². The van der Waals surface area contributed by atoms with Gasteiger partial charge in [0.15, 0.2) is 5.96 Å². The highest BCUT2D eigenvalue weighted by molar-refractivity contribution is 14.0. The van der Waals surface area contributed by atoms with Gasteiger partial charge in [0.25, 0.3) is 0 Å². The molecule has 6 nitrogen and oxygen atoms in total. The van der Waals surface area contributed by atoms with Crippen LogP contribution in [-0.4, -0.2) is 43.8 Å². The number of hydrogen-bond donors (Lipinski definition) is 2. The highest BCUT2D eigenvalue weighted by Gasteiger charge is 2.14. The quantitative estimate of drug-likeness (QED) is 0.323. The number of nitrogens with zero attached hydrogens (tertiary/aromatic N) is 3. The minimum Gasteiger partial charge on any atom is -0.378 e. The van der Waals surface area contributed by atoms with Crippen molar-refractivity contribution in [2.24, 2.45) is 4.99 Å². The Morgan fingerprint density at radius 2 is 2.00 bits per heavy atom. The highest BCUT2D eigenvalue weighted by atomic mass is 127. The van der Waals surface area contributed by atoms with Crippen LogP contribution in [0.4, 0.5) is 5.69 Å². The first-order valence-electron chi connectivity index (χ1n) is 10.0. The fourth-order valence-corrected chi connectivity index (χ4v) is 3.99. The monoisotopic (exact) mass is 529 g/mol. The molecule has 0 atom stereocenters. The van der Waals surface area contributed by atoms with Crippen LogP contribution in [-0.2, 0) is 17.8 Å². The van der Waals surface area contributed by atoms with Crippen LogP contribution in [0.5, 0.6) is 0 Å². The van der Waals surface area contributed by atoms with Gasteiger partial charge in [-0.2, -0.15) is 0 Å². The van der Waals surface area contributed by atoms with Gasteiger partial charge in [-0.1, -0.05) is 32.0 Å². The summed E-state index contributed by atoms with van der Waals surface area (Å²) in [4.78, 5) is 11.9. The van der Waals surface area contributed by atoms with Gasteiger partial charge < -0.3 is 20.3 Å². The summed E-state index contributed by atoms with van der Waals surface area (Å²) in [6, 6.07) is 8.52. The fourth-order valence-electron chi connectivity index (χ4n) is 3.09. The Morgan fingerprint density at radius 3 is 2.69 bits per heavy atom. The molecule has 1 aliphatic heterocycles. The molecule has 160 valence electrons. The van der Waals surface area contributed by atoms with Crippen LogP contribution in [0.1, 0.15) is 43.0 Å². The van der Waals surface area contributed by atoms with E-state index in [0.717, 1.165) is 49.5 Å². The molecular formula is C21H32IN5OS. The molecule has 2 heterocycles. The third-order valence-corrected chi connectivity index (χ3v) is 5.53. The number of morpholine rings is 1. The SMILES string of the molecule is CCNC(=NCc1ccccc1N1CCOCC1)NCc1nc(C(C)C)cs1.I. The first-order chi connectivity index (χ1) is 13.7. The summed E-state index contributed by atoms with van der Waals surface area (Å²) < 4.78 is 5.49. The van der Waals surface area contributed by atoms with E-state index < -0.39 is 0 Å². The Labute approximate surface area is 195 Å². The number of aliphatic imine (C=N–C) groups is 1. The normalized spacial score (nSPS) is 14.6. The van der Waals surface area contributed by atoms with Gasteiger partial charge in [0.05, 0.1) is 32.0 Å². The molecule has 0 unspecified atom stereocenters. The third-order valence-electron chi connectivity index (χ3n) is 4.66. The molecule has 0 saturated carbocycles. The number of nitrogens with one attached hydrogen (secondary N) is 2. The number of rotatable bonds is 7. The summed E-state index contributed by atoms with van der Waals surface area (Å²) in [5, 5.41) is 9.97. The number of hydrogen-bond acceptors (Lipinski definition) is 5. The zero-order chi connectivity index (χ0) is 19.8. The molecule has 0 spiro atoms. The van der Waals surface area contributed by atoms with Crippen molar-refractivity contribution in [2.75, 3.05) is 37.7 Å². The lowest BCUT2D eigenvalue weighted by Crippen LogP contribution is -2.37. The minimum absolute atomic E-state index is 0. The van der Waals surface area contributed by atoms with E-state index in [1.165, 1.54) is 11.3 Å². The number of halogens is 1. The summed E-state index contributed by atoms with van der Waals surface area (Å²) in [5.41, 5.74) is 3.65. The van der Waals surface area contributed by atoms with Crippen LogP contribution in [0.15, 0.2) is 34.6 Å². The number of thiazole rings is 1. The molecule has 3 rings (SSSR count). The molecule has 29 heavy (non-hydrogen) atoms. The van der Waals surface area contributed by atoms with E-state index in [1.54, 1.807) is 11.3 Å². The maximum atomic E-state index is 5.49. The molecule has 0 amide bonds. The molecule has 1 aromatic carbocycles. The van der Waals surface area contributed by atoms with Crippen LogP contribution < -0.4 is 15.5 Å². The third kappa shape index (κ3) is 7.11. The maximum absolute atomic E-state index is 5.49. The molecule has 1 aromatic heterocycles. The van der Waals surface area contributed by atoms with Gasteiger partial charge in [0.2, 0.25) is 0 Å². The van der Waals surface area contributed by atoms with E-state index >= 15 is 0 Å². The van der Waals surface area contributed by atoms with Gasteiger partial charge in [-0.05, 0) is 24.5 Å². The molecule has 1 aliphatic rings. The Bertz CT molecular complexity index is 774. The minimum atomic E-state index is 0. The zero-order valence-electron chi connectivity index (χ0n) is 17.5. The number of guanidine groups is 1. The van der Waals surface area contributed by atoms with Crippen molar-refractivity contribution in [2.45, 2.75) is 39.8 Å². The van der Waals surface area contributed by atoms with Crippen molar-refractivity contribution in [3.8, 4) is 0 Å². The van der Waals surface area contributed by atoms with Crippen LogP contribution >= 0.6 is 35.3 Å². The molecule has 2 N–H and O–H groups in total. The second-order valence-corrected chi connectivity index (χ2v) is 8.04. The molecule has 1 fully saturated rings. The number of aromatic nitrogens is 1. The van der Waals surface area contributed by atoms with Crippen molar-refractivity contribution < 1.29 is 4.74 Å². The summed E-state index contributed by atoms with van der Waals surface area (Å²) in [6.45, 7) is 12.0. The predicted molar refractivity (Wildman–Crippen MR) is 133 cm³/mol. The molecular weight excluding hydrogens is 497 g/mol. The van der Waals surface area contributed by atoms with E-state index in [0.29, 0.717) is 19.0 Å². The van der Waals surface area contributed by atoms with E-state index in [4.69, 9.17) is 14.7 Å². The van der Waals surface area contributed by atoms with Gasteiger partial charge in [0.1, 0.15) is 5.01 Å². The topological polar surface area (TPSA) is 61.8 Å². The number of benzene rings is 1. The van der Waals surface area contributed by atoms with Gasteiger partial charge in [-0.3, -0.25) is 0 Å². The first-order valence-corrected chi connectivity index (χ1v) is 10.9. The Hall–Kier alpha value is -1.39. The van der Waals surface area contributed by atoms with Crippen LogP contribution in [0, 0.1) is 0 Å². The summed E-state index contributed by atoms with van der Waals surface area (Å²) in [6.07, 6.45) is 0. The number of ether oxygens (including phenoxy) is 1. The fraction of sp³-hybridized carbons (Fsp3) is 0.524. The van der Waals surface area contributed by atoms with Crippen molar-refractivity contribution in [1.29, 1.82) is 0 Å². The summed E-state index contributed by atoms with van der Waals surface area (Å²) in [5.74, 6) is 1.28. The van der Waals surface area contributed by atoms with Crippen molar-refractivity contribution in [1.82, 2.24) is 15.6 Å². The zero-order valence-corrected chi connectivity index (χ0v) is 20.6. The van der Waals surface area contributed by atoms with E-state index in [2.05, 4.69) is 66.0 Å². The van der Waals surface area contributed by atoms with Crippen molar-refractivity contribution >= 4 is 47.0 Å². The highest BCUT2D eigenvalue weighted by Crippen LogP contribution is 2.22. The van der Waals surface area contributed by atoms with Crippen molar-refractivity contribution in [3.63, 3.8) is 0 Å². The van der Waals surface area contributed by atoms with Gasteiger partial charge in [-0.15, -0.1) is 35.3 Å². The maximum Gasteiger partial charge on any atom is 0.191 e. The van der Waals surface area contributed by atoms with Crippen LogP contribution in [0.3, 0.4) is 0 Å². The second-order valence-electron chi connectivity index (χ2n) is 7.10. The standard InChI is InChI=1S/C21H31N5OS.HI/c1-4-22-21(24-14-20-25-18(15-28-20)16(2)3)23-13-17-7-5-6-8-19(17)26-9-11-27-12-10-26;/h5-8,15-16H,4,9-14H2,1-3H3,(H2,22,23,24);1H. The lowest BCUT2D eigenvalue weighted by Gasteiger charge is -2.30. The van der Waals surface area contributed by atoms with Gasteiger partial charge >= 0.3 is 0 Å². The Kier molecular flexibility index (Phi) is 10.2. The first kappa shape index (κ1) is 23.9. The molecule has 0 aliphatic carbocycles. The molecule has 1 saturated heterocycles. The van der Waals surface area contributed by atoms with Crippen molar-refractivity contribution in [3.05, 3.63) is 45.9 Å². The number of anilines is 1. The molecule has 2 aromatic rings. The number of para-hydroxylation sites is 1. The van der Waals surface area contributed by atoms with E-state index in [-0.39, 0.29) is 24.0 Å². The summed E-state index contributed by atoms with van der Waals surface area (Å²) >= 11 is 1.70. The van der Waals surface area contributed by atoms with Gasteiger partial charge in [-0.25, -0.2) is 9.98 Å². The average Bonchev–Trinajstić information content (AvgIpc) is 3.20. The largest absolute Gasteiger partial charge is 0.378 e. The summed E-state index contributed by atoms with van der Waals surface area (Å²) in [7, 11) is 0. The average molecular weight is 529 g/mol. The predicted octanol–water partition coefficient (Wildman–Crippen LogP) is 3.98. The smallest absolute Gasteiger partial charge is 0.191 e. The van der Waals surface area contributed by atoms with Crippen LogP contribution in [0.2, 0.25) is 0 Å². The molecule has 8 heteroatoms.